The largest absolute Gasteiger partial charge is 0.451 e. The van der Waals surface area contributed by atoms with Crippen LogP contribution in [0.2, 0.25) is 10.0 Å². The number of benzene rings is 2. The van der Waals surface area contributed by atoms with Gasteiger partial charge in [-0.3, -0.25) is 0 Å². The summed E-state index contributed by atoms with van der Waals surface area (Å²) >= 11 is 11.7. The summed E-state index contributed by atoms with van der Waals surface area (Å²) in [6.45, 7) is 0.0189. The molecule has 0 aromatic heterocycles. The second kappa shape index (κ2) is 6.10. The first-order valence-corrected chi connectivity index (χ1v) is 6.37. The van der Waals surface area contributed by atoms with E-state index >= 15 is 0 Å². The second-order valence-electron chi connectivity index (χ2n) is 3.91. The maximum atomic E-state index is 14.1. The van der Waals surface area contributed by atoms with Gasteiger partial charge in [-0.15, -0.1) is 0 Å². The van der Waals surface area contributed by atoms with Gasteiger partial charge < -0.3 is 10.5 Å². The molecular weight excluding hydrogens is 302 g/mol. The molecule has 0 amide bonds. The minimum absolute atomic E-state index is 0.0189. The molecule has 0 aliphatic heterocycles. The maximum Gasteiger partial charge on any atom is 0.182 e. The van der Waals surface area contributed by atoms with Crippen molar-refractivity contribution in [2.24, 2.45) is 5.73 Å². The van der Waals surface area contributed by atoms with E-state index in [9.17, 15) is 4.39 Å². The van der Waals surface area contributed by atoms with Crippen LogP contribution in [-0.4, -0.2) is 0 Å². The summed E-state index contributed by atoms with van der Waals surface area (Å²) in [5.74, 6) is -0.626. The Morgan fingerprint density at radius 2 is 2.00 bits per heavy atom. The smallest absolute Gasteiger partial charge is 0.182 e. The summed E-state index contributed by atoms with van der Waals surface area (Å²) in [5, 5.41) is 9.51. The molecule has 0 heterocycles. The summed E-state index contributed by atoms with van der Waals surface area (Å²) in [4.78, 5) is 0. The van der Waals surface area contributed by atoms with E-state index in [0.717, 1.165) is 0 Å². The maximum absolute atomic E-state index is 14.1. The highest BCUT2D eigenvalue weighted by molar-refractivity contribution is 6.32. The van der Waals surface area contributed by atoms with E-state index in [2.05, 4.69) is 0 Å². The molecule has 2 aromatic rings. The van der Waals surface area contributed by atoms with E-state index in [1.807, 2.05) is 6.07 Å². The molecule has 0 saturated carbocycles. The summed E-state index contributed by atoms with van der Waals surface area (Å²) in [7, 11) is 0. The fraction of sp³-hybridized carbons (Fsp3) is 0.0714. The fourth-order valence-electron chi connectivity index (χ4n) is 1.61. The highest BCUT2D eigenvalue weighted by atomic mass is 35.5. The van der Waals surface area contributed by atoms with Gasteiger partial charge in [-0.25, -0.2) is 4.39 Å². The number of ether oxygens (including phenoxy) is 1. The first-order chi connectivity index (χ1) is 9.56. The monoisotopic (exact) mass is 310 g/mol. The number of hydrogen-bond donors (Lipinski definition) is 1. The van der Waals surface area contributed by atoms with Crippen LogP contribution in [0.25, 0.3) is 0 Å². The van der Waals surface area contributed by atoms with Gasteiger partial charge in [0.2, 0.25) is 0 Å². The third-order valence-corrected chi connectivity index (χ3v) is 3.16. The molecule has 0 bridgehead atoms. The molecule has 102 valence electrons. The molecule has 2 aromatic carbocycles. The van der Waals surface area contributed by atoms with Gasteiger partial charge in [0.1, 0.15) is 11.8 Å². The van der Waals surface area contributed by atoms with Crippen LogP contribution >= 0.6 is 23.2 Å². The normalized spacial score (nSPS) is 10.2. The average molecular weight is 311 g/mol. The number of halogens is 3. The highest BCUT2D eigenvalue weighted by Gasteiger charge is 2.15. The van der Waals surface area contributed by atoms with Crippen LogP contribution in [0.4, 0.5) is 4.39 Å². The molecule has 20 heavy (non-hydrogen) atoms. The molecule has 0 radical (unpaired) electrons. The molecular formula is C14H9Cl2FN2O. The Bertz CT molecular complexity index is 698. The van der Waals surface area contributed by atoms with E-state index in [1.54, 1.807) is 0 Å². The number of nitrogens with zero attached hydrogens (tertiary/aromatic N) is 1. The minimum atomic E-state index is -0.640. The molecule has 0 aliphatic carbocycles. The lowest BCUT2D eigenvalue weighted by molar-refractivity contribution is 0.438. The molecule has 0 atom stereocenters. The third kappa shape index (κ3) is 2.86. The lowest BCUT2D eigenvalue weighted by Gasteiger charge is -2.12. The summed E-state index contributed by atoms with van der Waals surface area (Å²) in [6.07, 6.45) is 0. The van der Waals surface area contributed by atoms with Gasteiger partial charge in [0, 0.05) is 17.1 Å². The SMILES string of the molecule is N#Cc1cc(Cl)ccc1Oc1c(Cl)ccc(CN)c1F. The number of hydrogen-bond acceptors (Lipinski definition) is 3. The Hall–Kier alpha value is -1.80. The first-order valence-electron chi connectivity index (χ1n) is 5.61. The predicted molar refractivity (Wildman–Crippen MR) is 75.5 cm³/mol. The quantitative estimate of drug-likeness (QED) is 0.921. The number of nitriles is 1. The van der Waals surface area contributed by atoms with Gasteiger partial charge in [0.25, 0.3) is 0 Å². The summed E-state index contributed by atoms with van der Waals surface area (Å²) in [6, 6.07) is 9.34. The lowest BCUT2D eigenvalue weighted by Crippen LogP contribution is -2.02. The molecule has 0 spiro atoms. The Labute approximate surface area is 125 Å². The molecule has 2 N–H and O–H groups in total. The van der Waals surface area contributed by atoms with E-state index in [1.165, 1.54) is 30.3 Å². The van der Waals surface area contributed by atoms with Crippen LogP contribution in [0, 0.1) is 17.1 Å². The van der Waals surface area contributed by atoms with Crippen molar-refractivity contribution < 1.29 is 9.13 Å². The Kier molecular flexibility index (Phi) is 4.46. The molecule has 0 fully saturated rings. The van der Waals surface area contributed by atoms with E-state index in [-0.39, 0.29) is 34.2 Å². The lowest BCUT2D eigenvalue weighted by atomic mass is 10.2. The van der Waals surface area contributed by atoms with Crippen molar-refractivity contribution in [2.75, 3.05) is 0 Å². The van der Waals surface area contributed by atoms with Crippen molar-refractivity contribution in [2.45, 2.75) is 6.54 Å². The zero-order valence-corrected chi connectivity index (χ0v) is 11.7. The molecule has 3 nitrogen and oxygen atoms in total. The highest BCUT2D eigenvalue weighted by Crippen LogP contribution is 2.35. The topological polar surface area (TPSA) is 59.0 Å². The van der Waals surface area contributed by atoms with Crippen molar-refractivity contribution in [3.05, 3.63) is 57.3 Å². The Morgan fingerprint density at radius 3 is 2.65 bits per heavy atom. The minimum Gasteiger partial charge on any atom is -0.451 e. The van der Waals surface area contributed by atoms with Gasteiger partial charge in [0.05, 0.1) is 10.6 Å². The molecule has 2 rings (SSSR count). The van der Waals surface area contributed by atoms with Crippen molar-refractivity contribution in [1.29, 1.82) is 5.26 Å². The van der Waals surface area contributed by atoms with Gasteiger partial charge in [0.15, 0.2) is 11.6 Å². The molecule has 6 heteroatoms. The molecule has 0 aliphatic rings. The van der Waals surface area contributed by atoms with Gasteiger partial charge in [-0.2, -0.15) is 5.26 Å². The van der Waals surface area contributed by atoms with Crippen LogP contribution in [-0.2, 0) is 6.54 Å². The summed E-state index contributed by atoms with van der Waals surface area (Å²) in [5.41, 5.74) is 5.89. The zero-order chi connectivity index (χ0) is 14.7. The summed E-state index contributed by atoms with van der Waals surface area (Å²) < 4.78 is 19.6. The van der Waals surface area contributed by atoms with Crippen molar-refractivity contribution in [1.82, 2.24) is 0 Å². The van der Waals surface area contributed by atoms with Gasteiger partial charge >= 0.3 is 0 Å². The van der Waals surface area contributed by atoms with Crippen LogP contribution in [0.1, 0.15) is 11.1 Å². The number of nitrogens with two attached hydrogens (primary N) is 1. The standard InChI is InChI=1S/C14H9Cl2FN2O/c15-10-2-4-12(9(5-10)7-19)20-14-11(16)3-1-8(6-18)13(14)17/h1-5H,6,18H2. The van der Waals surface area contributed by atoms with Crippen molar-refractivity contribution in [3.8, 4) is 17.6 Å². The fourth-order valence-corrected chi connectivity index (χ4v) is 1.97. The average Bonchev–Trinajstić information content (AvgIpc) is 2.44. The van der Waals surface area contributed by atoms with E-state index in [4.69, 9.17) is 38.9 Å². The van der Waals surface area contributed by atoms with Crippen LogP contribution < -0.4 is 10.5 Å². The number of rotatable bonds is 3. The third-order valence-electron chi connectivity index (χ3n) is 2.62. The van der Waals surface area contributed by atoms with E-state index in [0.29, 0.717) is 5.02 Å². The van der Waals surface area contributed by atoms with Crippen molar-refractivity contribution in [3.63, 3.8) is 0 Å². The van der Waals surface area contributed by atoms with Crippen LogP contribution in [0.3, 0.4) is 0 Å². The molecule has 0 unspecified atom stereocenters. The van der Waals surface area contributed by atoms with Gasteiger partial charge in [-0.05, 0) is 24.3 Å². The van der Waals surface area contributed by atoms with E-state index < -0.39 is 5.82 Å². The first kappa shape index (κ1) is 14.6. The van der Waals surface area contributed by atoms with Gasteiger partial charge in [-0.1, -0.05) is 29.3 Å². The molecule has 0 saturated heterocycles. The zero-order valence-electron chi connectivity index (χ0n) is 10.2. The Balaban J connectivity index is 2.48. The van der Waals surface area contributed by atoms with Crippen LogP contribution in [0.15, 0.2) is 30.3 Å². The van der Waals surface area contributed by atoms with Crippen molar-refractivity contribution >= 4 is 23.2 Å². The second-order valence-corrected chi connectivity index (χ2v) is 4.75. The Morgan fingerprint density at radius 1 is 1.25 bits per heavy atom. The predicted octanol–water partition coefficient (Wildman–Crippen LogP) is 4.26. The van der Waals surface area contributed by atoms with Crippen LogP contribution in [0.5, 0.6) is 11.5 Å².